The fourth-order valence-electron chi connectivity index (χ4n) is 4.48. The van der Waals surface area contributed by atoms with Crippen molar-refractivity contribution < 1.29 is 14.3 Å². The highest BCUT2D eigenvalue weighted by molar-refractivity contribution is 5.96. The third-order valence-corrected chi connectivity index (χ3v) is 7.11. The number of methoxy groups -OCH3 is 1. The molecule has 1 unspecified atom stereocenters. The van der Waals surface area contributed by atoms with Crippen LogP contribution in [0.4, 0.5) is 5.82 Å². The number of aryl methyl sites for hydroxylation is 1. The summed E-state index contributed by atoms with van der Waals surface area (Å²) in [7, 11) is 1.64. The molecule has 0 spiro atoms. The van der Waals surface area contributed by atoms with E-state index in [0.29, 0.717) is 44.2 Å². The van der Waals surface area contributed by atoms with Crippen LogP contribution in [0.3, 0.4) is 0 Å². The Hall–Kier alpha value is -3.94. The Morgan fingerprint density at radius 1 is 1.00 bits per heavy atom. The minimum atomic E-state index is -0.0938. The van der Waals surface area contributed by atoms with Gasteiger partial charge in [-0.25, -0.2) is 0 Å². The molecule has 2 heterocycles. The largest absolute Gasteiger partial charge is 0.497 e. The Bertz CT molecular complexity index is 1220. The highest BCUT2D eigenvalue weighted by atomic mass is 16.5. The standard InChI is InChI=1S/C30H37N5O3/c1-5-22(2)20-35(30(37)24-11-9-23(3)10-12-24)21-29(36)34-17-15-33(16-18-34)28-14-13-27(31-32-28)25-7-6-8-26(19-25)38-4/h6-14,19,22H,5,15-18,20-21H2,1-4H3. The number of aromatic nitrogens is 2. The van der Waals surface area contributed by atoms with Gasteiger partial charge in [0.25, 0.3) is 5.91 Å². The molecule has 1 fully saturated rings. The molecule has 200 valence electrons. The molecule has 1 aliphatic heterocycles. The summed E-state index contributed by atoms with van der Waals surface area (Å²) in [4.78, 5) is 32.2. The number of carbonyl (C=O) groups excluding carboxylic acids is 2. The number of hydrogen-bond donors (Lipinski definition) is 0. The fourth-order valence-corrected chi connectivity index (χ4v) is 4.48. The summed E-state index contributed by atoms with van der Waals surface area (Å²) in [5.74, 6) is 1.76. The Kier molecular flexibility index (Phi) is 8.94. The number of benzene rings is 2. The molecule has 1 saturated heterocycles. The molecule has 2 amide bonds. The van der Waals surface area contributed by atoms with Crippen LogP contribution in [-0.4, -0.2) is 78.2 Å². The van der Waals surface area contributed by atoms with Crippen LogP contribution >= 0.6 is 0 Å². The molecule has 1 atom stereocenters. The first kappa shape index (κ1) is 27.1. The monoisotopic (exact) mass is 515 g/mol. The lowest BCUT2D eigenvalue weighted by molar-refractivity contribution is -0.132. The van der Waals surface area contributed by atoms with Crippen LogP contribution in [0.1, 0.15) is 36.2 Å². The van der Waals surface area contributed by atoms with Gasteiger partial charge in [-0.15, -0.1) is 10.2 Å². The van der Waals surface area contributed by atoms with Gasteiger partial charge in [0.1, 0.15) is 12.3 Å². The van der Waals surface area contributed by atoms with Gasteiger partial charge in [0, 0.05) is 43.9 Å². The molecule has 1 aromatic heterocycles. The van der Waals surface area contributed by atoms with Crippen LogP contribution in [0.25, 0.3) is 11.3 Å². The van der Waals surface area contributed by atoms with Gasteiger partial charge < -0.3 is 19.4 Å². The number of piperazine rings is 1. The zero-order valence-electron chi connectivity index (χ0n) is 22.8. The molecular formula is C30H37N5O3. The first-order valence-electron chi connectivity index (χ1n) is 13.2. The first-order valence-corrected chi connectivity index (χ1v) is 13.2. The molecule has 0 saturated carbocycles. The zero-order chi connectivity index (χ0) is 27.1. The van der Waals surface area contributed by atoms with E-state index >= 15 is 0 Å². The molecule has 0 N–H and O–H groups in total. The summed E-state index contributed by atoms with van der Waals surface area (Å²) in [6.45, 7) is 9.34. The molecule has 0 aliphatic carbocycles. The minimum Gasteiger partial charge on any atom is -0.497 e. The summed E-state index contributed by atoms with van der Waals surface area (Å²) in [5.41, 5.74) is 3.44. The van der Waals surface area contributed by atoms with E-state index in [-0.39, 0.29) is 18.4 Å². The average molecular weight is 516 g/mol. The highest BCUT2D eigenvalue weighted by Gasteiger charge is 2.26. The summed E-state index contributed by atoms with van der Waals surface area (Å²) in [5, 5.41) is 8.85. The Balaban J connectivity index is 1.36. The second-order valence-corrected chi connectivity index (χ2v) is 9.94. The van der Waals surface area contributed by atoms with E-state index in [9.17, 15) is 9.59 Å². The summed E-state index contributed by atoms with van der Waals surface area (Å²) < 4.78 is 5.30. The Labute approximate surface area is 225 Å². The van der Waals surface area contributed by atoms with E-state index in [2.05, 4.69) is 28.9 Å². The van der Waals surface area contributed by atoms with Gasteiger partial charge >= 0.3 is 0 Å². The van der Waals surface area contributed by atoms with Crippen LogP contribution < -0.4 is 9.64 Å². The maximum atomic E-state index is 13.3. The summed E-state index contributed by atoms with van der Waals surface area (Å²) in [6.07, 6.45) is 0.947. The number of nitrogens with zero attached hydrogens (tertiary/aromatic N) is 5. The minimum absolute atomic E-state index is 0.0205. The van der Waals surface area contributed by atoms with Crippen molar-refractivity contribution in [2.45, 2.75) is 27.2 Å². The van der Waals surface area contributed by atoms with Gasteiger partial charge in [-0.2, -0.15) is 0 Å². The van der Waals surface area contributed by atoms with Crippen molar-refractivity contribution in [3.8, 4) is 17.0 Å². The van der Waals surface area contributed by atoms with Gasteiger partial charge in [-0.3, -0.25) is 9.59 Å². The molecule has 2 aromatic carbocycles. The van der Waals surface area contributed by atoms with Crippen LogP contribution in [-0.2, 0) is 4.79 Å². The summed E-state index contributed by atoms with van der Waals surface area (Å²) >= 11 is 0. The maximum absolute atomic E-state index is 13.3. The Morgan fingerprint density at radius 3 is 2.37 bits per heavy atom. The van der Waals surface area contributed by atoms with E-state index in [4.69, 9.17) is 4.74 Å². The third-order valence-electron chi connectivity index (χ3n) is 7.11. The van der Waals surface area contributed by atoms with E-state index < -0.39 is 0 Å². The second kappa shape index (κ2) is 12.5. The summed E-state index contributed by atoms with van der Waals surface area (Å²) in [6, 6.07) is 19.2. The lowest BCUT2D eigenvalue weighted by atomic mass is 10.1. The Morgan fingerprint density at radius 2 is 1.74 bits per heavy atom. The van der Waals surface area contributed by atoms with E-state index in [1.54, 1.807) is 12.0 Å². The number of carbonyl (C=O) groups is 2. The number of anilines is 1. The second-order valence-electron chi connectivity index (χ2n) is 9.94. The number of ether oxygens (including phenoxy) is 1. The van der Waals surface area contributed by atoms with E-state index in [1.165, 1.54) is 0 Å². The molecule has 0 radical (unpaired) electrons. The molecule has 8 heteroatoms. The number of rotatable bonds is 9. The smallest absolute Gasteiger partial charge is 0.254 e. The van der Waals surface area contributed by atoms with Gasteiger partial charge in [-0.05, 0) is 49.2 Å². The maximum Gasteiger partial charge on any atom is 0.254 e. The van der Waals surface area contributed by atoms with Gasteiger partial charge in [0.05, 0.1) is 12.8 Å². The van der Waals surface area contributed by atoms with Crippen molar-refractivity contribution >= 4 is 17.6 Å². The highest BCUT2D eigenvalue weighted by Crippen LogP contribution is 2.23. The molecular weight excluding hydrogens is 478 g/mol. The van der Waals surface area contributed by atoms with E-state index in [1.807, 2.05) is 72.5 Å². The SMILES string of the molecule is CCC(C)CN(CC(=O)N1CCN(c2ccc(-c3cccc(OC)c3)nn2)CC1)C(=O)c1ccc(C)cc1. The van der Waals surface area contributed by atoms with Gasteiger partial charge in [0.15, 0.2) is 5.82 Å². The quantitative estimate of drug-likeness (QED) is 0.423. The predicted molar refractivity (Wildman–Crippen MR) is 149 cm³/mol. The van der Waals surface area contributed by atoms with E-state index in [0.717, 1.165) is 34.8 Å². The van der Waals surface area contributed by atoms with Crippen LogP contribution in [0.5, 0.6) is 5.75 Å². The van der Waals surface area contributed by atoms with Gasteiger partial charge in [-0.1, -0.05) is 50.1 Å². The normalized spacial score (nSPS) is 14.2. The van der Waals surface area contributed by atoms with Crippen LogP contribution in [0, 0.1) is 12.8 Å². The van der Waals surface area contributed by atoms with Crippen molar-refractivity contribution in [1.82, 2.24) is 20.0 Å². The third kappa shape index (κ3) is 6.68. The molecule has 0 bridgehead atoms. The number of amides is 2. The predicted octanol–water partition coefficient (Wildman–Crippen LogP) is 4.30. The first-order chi connectivity index (χ1) is 18.4. The molecule has 8 nitrogen and oxygen atoms in total. The van der Waals surface area contributed by atoms with Gasteiger partial charge in [0.2, 0.25) is 5.91 Å². The van der Waals surface area contributed by atoms with Crippen molar-refractivity contribution in [3.63, 3.8) is 0 Å². The average Bonchev–Trinajstić information content (AvgIpc) is 2.97. The lowest BCUT2D eigenvalue weighted by Crippen LogP contribution is -2.52. The van der Waals surface area contributed by atoms with Crippen molar-refractivity contribution in [2.24, 2.45) is 5.92 Å². The zero-order valence-corrected chi connectivity index (χ0v) is 22.8. The topological polar surface area (TPSA) is 78.9 Å². The molecule has 3 aromatic rings. The molecule has 4 rings (SSSR count). The molecule has 38 heavy (non-hydrogen) atoms. The number of hydrogen-bond acceptors (Lipinski definition) is 6. The molecule has 1 aliphatic rings. The fraction of sp³-hybridized carbons (Fsp3) is 0.400. The van der Waals surface area contributed by atoms with Crippen molar-refractivity contribution in [1.29, 1.82) is 0 Å². The van der Waals surface area contributed by atoms with Crippen molar-refractivity contribution in [3.05, 3.63) is 71.8 Å². The van der Waals surface area contributed by atoms with Crippen LogP contribution in [0.15, 0.2) is 60.7 Å². The van der Waals surface area contributed by atoms with Crippen LogP contribution in [0.2, 0.25) is 0 Å². The lowest BCUT2D eigenvalue weighted by Gasteiger charge is -2.36. The van der Waals surface area contributed by atoms with Crippen molar-refractivity contribution in [2.75, 3.05) is 51.3 Å².